The largest absolute Gasteiger partial charge is 0.494 e. The molecule has 1 aliphatic heterocycles. The second-order valence-corrected chi connectivity index (χ2v) is 13.3. The molecule has 0 aliphatic carbocycles. The van der Waals surface area contributed by atoms with Gasteiger partial charge < -0.3 is 19.1 Å². The predicted molar refractivity (Wildman–Crippen MR) is 212 cm³/mol. The molecule has 0 spiro atoms. The monoisotopic (exact) mass is 733 g/mol. The van der Waals surface area contributed by atoms with Crippen LogP contribution in [0.25, 0.3) is 10.9 Å². The molecule has 0 saturated carbocycles. The number of halogens is 2. The van der Waals surface area contributed by atoms with Gasteiger partial charge in [-0.2, -0.15) is 0 Å². The standard InChI is InChI=1S/C42H53Cl2N3O4/c1-2-3-4-5-6-7-8-9-10-11-12-13-14-15-16-22-41(48)51-34-50-40-26-24-35-23-25-36(33-38(35)45-40)49-32-18-17-27-46-28-30-47(31-29-46)39-21-19-20-37(43)42(39)44/h3-4,6-7,9-10,12-13,19-21,23-26,33H,2,5,8,11,14-18,22,27-32,34H2,1H3/b4-3-,7-6-,10-9-,13-12-. The van der Waals surface area contributed by atoms with E-state index in [0.717, 1.165) is 113 Å². The fourth-order valence-corrected chi connectivity index (χ4v) is 6.10. The van der Waals surface area contributed by atoms with Crippen LogP contribution < -0.4 is 14.4 Å². The van der Waals surface area contributed by atoms with Crippen molar-refractivity contribution in [2.45, 2.75) is 71.1 Å². The zero-order valence-electron chi connectivity index (χ0n) is 30.0. The van der Waals surface area contributed by atoms with E-state index in [2.05, 4.69) is 70.3 Å². The Bertz CT molecular complexity index is 1600. The summed E-state index contributed by atoms with van der Waals surface area (Å²) >= 11 is 12.6. The van der Waals surface area contributed by atoms with E-state index in [1.807, 2.05) is 42.5 Å². The van der Waals surface area contributed by atoms with E-state index in [-0.39, 0.29) is 12.8 Å². The van der Waals surface area contributed by atoms with E-state index in [1.165, 1.54) is 0 Å². The summed E-state index contributed by atoms with van der Waals surface area (Å²) in [4.78, 5) is 21.5. The predicted octanol–water partition coefficient (Wildman–Crippen LogP) is 10.8. The van der Waals surface area contributed by atoms with Crippen molar-refractivity contribution < 1.29 is 19.0 Å². The summed E-state index contributed by atoms with van der Waals surface area (Å²) in [6.07, 6.45) is 26.6. The lowest BCUT2D eigenvalue weighted by atomic mass is 10.2. The van der Waals surface area contributed by atoms with Crippen LogP contribution in [0.2, 0.25) is 10.0 Å². The topological polar surface area (TPSA) is 64.1 Å². The van der Waals surface area contributed by atoms with Gasteiger partial charge in [0.1, 0.15) is 5.75 Å². The lowest BCUT2D eigenvalue weighted by molar-refractivity contribution is -0.150. The highest BCUT2D eigenvalue weighted by atomic mass is 35.5. The second kappa shape index (κ2) is 23.6. The molecule has 0 N–H and O–H groups in total. The number of pyridine rings is 1. The Balaban J connectivity index is 1.04. The van der Waals surface area contributed by atoms with Crippen LogP contribution in [-0.2, 0) is 9.53 Å². The molecule has 1 aliphatic rings. The number of allylic oxidation sites excluding steroid dienone is 8. The van der Waals surface area contributed by atoms with Gasteiger partial charge in [-0.05, 0) is 94.7 Å². The normalized spacial score (nSPS) is 14.1. The van der Waals surface area contributed by atoms with Gasteiger partial charge in [0, 0.05) is 50.1 Å². The fraction of sp³-hybridized carbons (Fsp3) is 0.429. The quantitative estimate of drug-likeness (QED) is 0.0441. The van der Waals surface area contributed by atoms with Gasteiger partial charge in [0.05, 0.1) is 27.9 Å². The third kappa shape index (κ3) is 15.2. The average molecular weight is 735 g/mol. The zero-order chi connectivity index (χ0) is 35.9. The van der Waals surface area contributed by atoms with Crippen LogP contribution in [-0.4, -0.2) is 62.0 Å². The van der Waals surface area contributed by atoms with Crippen molar-refractivity contribution >= 4 is 45.8 Å². The molecule has 2 heterocycles. The van der Waals surface area contributed by atoms with E-state index >= 15 is 0 Å². The van der Waals surface area contributed by atoms with Gasteiger partial charge in [-0.25, -0.2) is 4.98 Å². The minimum absolute atomic E-state index is 0.159. The van der Waals surface area contributed by atoms with Crippen molar-refractivity contribution in [3.8, 4) is 11.6 Å². The second-order valence-electron chi connectivity index (χ2n) is 12.5. The third-order valence-corrected chi connectivity index (χ3v) is 9.38. The smallest absolute Gasteiger partial charge is 0.308 e. The van der Waals surface area contributed by atoms with E-state index < -0.39 is 0 Å². The number of unbranched alkanes of at least 4 members (excludes halogenated alkanes) is 3. The van der Waals surface area contributed by atoms with E-state index in [0.29, 0.717) is 29.0 Å². The Labute approximate surface area is 314 Å². The van der Waals surface area contributed by atoms with Gasteiger partial charge in [0.25, 0.3) is 0 Å². The van der Waals surface area contributed by atoms with Crippen molar-refractivity contribution in [2.24, 2.45) is 0 Å². The van der Waals surface area contributed by atoms with Crippen LogP contribution in [0.4, 0.5) is 5.69 Å². The Kier molecular flexibility index (Phi) is 18.5. The van der Waals surface area contributed by atoms with Crippen molar-refractivity contribution in [1.82, 2.24) is 9.88 Å². The summed E-state index contributed by atoms with van der Waals surface area (Å²) in [7, 11) is 0. The number of benzene rings is 2. The van der Waals surface area contributed by atoms with Crippen molar-refractivity contribution in [1.29, 1.82) is 0 Å². The van der Waals surface area contributed by atoms with E-state index in [9.17, 15) is 4.79 Å². The molecule has 0 bridgehead atoms. The van der Waals surface area contributed by atoms with Crippen molar-refractivity contribution in [2.75, 3.05) is 51.0 Å². The number of hydrogen-bond acceptors (Lipinski definition) is 7. The molecule has 0 unspecified atom stereocenters. The van der Waals surface area contributed by atoms with E-state index in [1.54, 1.807) is 6.07 Å². The molecule has 1 saturated heterocycles. The molecular weight excluding hydrogens is 681 g/mol. The molecule has 0 atom stereocenters. The number of hydrogen-bond donors (Lipinski definition) is 0. The number of esters is 1. The van der Waals surface area contributed by atoms with Crippen LogP contribution in [0.3, 0.4) is 0 Å². The molecule has 9 heteroatoms. The first-order chi connectivity index (χ1) is 25.0. The molecule has 0 radical (unpaired) electrons. The number of aromatic nitrogens is 1. The minimum atomic E-state index is -0.263. The summed E-state index contributed by atoms with van der Waals surface area (Å²) in [6.45, 7) is 7.52. The molecular formula is C42H53Cl2N3O4. The van der Waals surface area contributed by atoms with Gasteiger partial charge in [-0.1, -0.05) is 84.8 Å². The molecule has 0 amide bonds. The van der Waals surface area contributed by atoms with Crippen molar-refractivity contribution in [3.63, 3.8) is 0 Å². The number of carbonyl (C=O) groups excluding carboxylic acids is 1. The highest BCUT2D eigenvalue weighted by Crippen LogP contribution is 2.33. The Morgan fingerprint density at radius 2 is 1.53 bits per heavy atom. The number of fused-ring (bicyclic) bond motifs is 1. The molecule has 1 aromatic heterocycles. The van der Waals surface area contributed by atoms with Gasteiger partial charge >= 0.3 is 5.97 Å². The minimum Gasteiger partial charge on any atom is -0.494 e. The average Bonchev–Trinajstić information content (AvgIpc) is 3.14. The van der Waals surface area contributed by atoms with Gasteiger partial charge in [0.2, 0.25) is 12.7 Å². The first-order valence-corrected chi connectivity index (χ1v) is 19.1. The van der Waals surface area contributed by atoms with Gasteiger partial charge in [-0.3, -0.25) is 9.69 Å². The van der Waals surface area contributed by atoms with Gasteiger partial charge in [0.15, 0.2) is 0 Å². The maximum atomic E-state index is 12.2. The molecule has 4 rings (SSSR count). The maximum absolute atomic E-state index is 12.2. The highest BCUT2D eigenvalue weighted by Gasteiger charge is 2.19. The van der Waals surface area contributed by atoms with E-state index in [4.69, 9.17) is 37.4 Å². The van der Waals surface area contributed by atoms with Gasteiger partial charge in [-0.15, -0.1) is 0 Å². The fourth-order valence-electron chi connectivity index (χ4n) is 5.68. The first-order valence-electron chi connectivity index (χ1n) is 18.4. The molecule has 274 valence electrons. The molecule has 2 aromatic carbocycles. The number of ether oxygens (including phenoxy) is 3. The summed E-state index contributed by atoms with van der Waals surface area (Å²) in [5.41, 5.74) is 1.78. The van der Waals surface area contributed by atoms with Crippen LogP contribution >= 0.6 is 23.2 Å². The Morgan fingerprint density at radius 1 is 0.804 bits per heavy atom. The number of rotatable bonds is 22. The number of anilines is 1. The number of piperazine rings is 1. The SMILES string of the molecule is CC/C=C\C/C=C\C/C=C\C/C=C\CCCCC(=O)OCOc1ccc2ccc(OCCCCN3CCN(c4cccc(Cl)c4Cl)CC3)cc2n1. The molecule has 3 aromatic rings. The lowest BCUT2D eigenvalue weighted by Crippen LogP contribution is -2.46. The van der Waals surface area contributed by atoms with Crippen LogP contribution in [0.15, 0.2) is 97.1 Å². The van der Waals surface area contributed by atoms with Crippen molar-refractivity contribution in [3.05, 3.63) is 107 Å². The summed E-state index contributed by atoms with van der Waals surface area (Å²) in [5.74, 6) is 0.918. The summed E-state index contributed by atoms with van der Waals surface area (Å²) in [6, 6.07) is 15.4. The van der Waals surface area contributed by atoms with Crippen LogP contribution in [0.5, 0.6) is 11.6 Å². The van der Waals surface area contributed by atoms with Crippen LogP contribution in [0, 0.1) is 0 Å². The van der Waals surface area contributed by atoms with Crippen LogP contribution in [0.1, 0.15) is 71.1 Å². The molecule has 1 fully saturated rings. The Hall–Kier alpha value is -3.78. The third-order valence-electron chi connectivity index (χ3n) is 8.57. The molecule has 51 heavy (non-hydrogen) atoms. The zero-order valence-corrected chi connectivity index (χ0v) is 31.5. The lowest BCUT2D eigenvalue weighted by Gasteiger charge is -2.36. The molecule has 7 nitrogen and oxygen atoms in total. The first kappa shape index (κ1) is 40.0. The maximum Gasteiger partial charge on any atom is 0.308 e. The summed E-state index contributed by atoms with van der Waals surface area (Å²) < 4.78 is 16.9. The Morgan fingerprint density at radius 3 is 2.29 bits per heavy atom. The highest BCUT2D eigenvalue weighted by molar-refractivity contribution is 6.43. The number of nitrogens with zero attached hydrogens (tertiary/aromatic N) is 3. The number of carbonyl (C=O) groups is 1. The summed E-state index contributed by atoms with van der Waals surface area (Å²) in [5, 5.41) is 2.22.